The molecule has 168 valence electrons. The van der Waals surface area contributed by atoms with Gasteiger partial charge in [0.25, 0.3) is 5.91 Å². The molecule has 1 aliphatic heterocycles. The maximum atomic E-state index is 12.9. The third kappa shape index (κ3) is 5.12. The van der Waals surface area contributed by atoms with Crippen molar-refractivity contribution in [2.24, 2.45) is 5.92 Å². The van der Waals surface area contributed by atoms with Gasteiger partial charge in [-0.25, -0.2) is 14.8 Å². The molecule has 0 aliphatic carbocycles. The van der Waals surface area contributed by atoms with E-state index in [4.69, 9.17) is 4.74 Å². The van der Waals surface area contributed by atoms with E-state index in [1.807, 2.05) is 25.7 Å². The van der Waals surface area contributed by atoms with E-state index in [0.717, 1.165) is 36.9 Å². The minimum absolute atomic E-state index is 0.106. The van der Waals surface area contributed by atoms with Crippen molar-refractivity contribution in [2.45, 2.75) is 46.1 Å². The molecule has 0 spiro atoms. The zero-order valence-electron chi connectivity index (χ0n) is 18.4. The Morgan fingerprint density at radius 1 is 1.32 bits per heavy atom. The standard InChI is InChI=1S/C21H29N5O4S/c1-12(2)16(21(29)30-4)25-19(28)17-13(3)15-18(23-11-24-20(15)31-17)22-8-6-10-26-9-5-7-14(26)27/h11-12,16H,5-10H2,1-4H3,(H,25,28)(H,22,23,24)/t16-/m0/s1. The Balaban J connectivity index is 1.72. The van der Waals surface area contributed by atoms with Gasteiger partial charge in [-0.2, -0.15) is 0 Å². The Hall–Kier alpha value is -2.75. The average Bonchev–Trinajstić information content (AvgIpc) is 3.31. The molecule has 2 amide bonds. The average molecular weight is 448 g/mol. The lowest BCUT2D eigenvalue weighted by Gasteiger charge is -2.19. The van der Waals surface area contributed by atoms with Crippen molar-refractivity contribution < 1.29 is 19.1 Å². The maximum absolute atomic E-state index is 12.9. The molecule has 9 nitrogen and oxygen atoms in total. The highest BCUT2D eigenvalue weighted by Gasteiger charge is 2.28. The first-order valence-electron chi connectivity index (χ1n) is 10.5. The van der Waals surface area contributed by atoms with E-state index in [1.54, 1.807) is 0 Å². The molecule has 1 atom stereocenters. The lowest BCUT2D eigenvalue weighted by Crippen LogP contribution is -2.44. The largest absolute Gasteiger partial charge is 0.467 e. The summed E-state index contributed by atoms with van der Waals surface area (Å²) < 4.78 is 4.81. The van der Waals surface area contributed by atoms with Gasteiger partial charge in [-0.05, 0) is 31.2 Å². The summed E-state index contributed by atoms with van der Waals surface area (Å²) in [5.41, 5.74) is 0.766. The van der Waals surface area contributed by atoms with Crippen LogP contribution in [0.1, 0.15) is 48.3 Å². The number of amides is 2. The molecule has 31 heavy (non-hydrogen) atoms. The van der Waals surface area contributed by atoms with E-state index in [-0.39, 0.29) is 17.7 Å². The summed E-state index contributed by atoms with van der Waals surface area (Å²) in [6.07, 6.45) is 3.86. The summed E-state index contributed by atoms with van der Waals surface area (Å²) in [4.78, 5) is 48.4. The van der Waals surface area contributed by atoms with Crippen LogP contribution >= 0.6 is 11.3 Å². The molecule has 0 bridgehead atoms. The van der Waals surface area contributed by atoms with E-state index in [9.17, 15) is 14.4 Å². The van der Waals surface area contributed by atoms with Crippen molar-refractivity contribution in [3.63, 3.8) is 0 Å². The Bertz CT molecular complexity index is 974. The number of nitrogens with zero attached hydrogens (tertiary/aromatic N) is 3. The first-order chi connectivity index (χ1) is 14.8. The van der Waals surface area contributed by atoms with Gasteiger partial charge in [0.15, 0.2) is 0 Å². The predicted molar refractivity (Wildman–Crippen MR) is 119 cm³/mol. The van der Waals surface area contributed by atoms with Crippen LogP contribution < -0.4 is 10.6 Å². The summed E-state index contributed by atoms with van der Waals surface area (Å²) >= 11 is 1.27. The summed E-state index contributed by atoms with van der Waals surface area (Å²) in [6.45, 7) is 7.77. The number of aryl methyl sites for hydroxylation is 1. The zero-order chi connectivity index (χ0) is 22.5. The number of anilines is 1. The lowest BCUT2D eigenvalue weighted by atomic mass is 10.0. The van der Waals surface area contributed by atoms with Crippen molar-refractivity contribution >= 4 is 45.2 Å². The number of carbonyl (C=O) groups excluding carboxylic acids is 3. The van der Waals surface area contributed by atoms with Gasteiger partial charge in [-0.3, -0.25) is 9.59 Å². The molecule has 2 aromatic rings. The zero-order valence-corrected chi connectivity index (χ0v) is 19.2. The van der Waals surface area contributed by atoms with Crippen LogP contribution in [0.15, 0.2) is 6.33 Å². The number of hydrogen-bond acceptors (Lipinski definition) is 8. The van der Waals surface area contributed by atoms with Crippen LogP contribution in [0.4, 0.5) is 5.82 Å². The van der Waals surface area contributed by atoms with Crippen LogP contribution in [0.3, 0.4) is 0 Å². The quantitative estimate of drug-likeness (QED) is 0.448. The summed E-state index contributed by atoms with van der Waals surface area (Å²) in [5, 5.41) is 6.90. The Labute approximate surface area is 185 Å². The van der Waals surface area contributed by atoms with Gasteiger partial charge >= 0.3 is 5.97 Å². The third-order valence-electron chi connectivity index (χ3n) is 5.41. The monoisotopic (exact) mass is 447 g/mol. The summed E-state index contributed by atoms with van der Waals surface area (Å²) in [5.74, 6) is -0.0197. The molecule has 0 radical (unpaired) electrons. The maximum Gasteiger partial charge on any atom is 0.328 e. The number of carbonyl (C=O) groups is 3. The lowest BCUT2D eigenvalue weighted by molar-refractivity contribution is -0.144. The normalized spacial score (nSPS) is 14.9. The predicted octanol–water partition coefficient (Wildman–Crippen LogP) is 2.35. The highest BCUT2D eigenvalue weighted by molar-refractivity contribution is 7.20. The van der Waals surface area contributed by atoms with Crippen LogP contribution in [-0.4, -0.2) is 65.4 Å². The number of thiophene rings is 1. The number of rotatable bonds is 9. The second-order valence-electron chi connectivity index (χ2n) is 7.94. The fourth-order valence-electron chi connectivity index (χ4n) is 3.67. The first-order valence-corrected chi connectivity index (χ1v) is 11.3. The van der Waals surface area contributed by atoms with Crippen molar-refractivity contribution in [1.82, 2.24) is 20.2 Å². The van der Waals surface area contributed by atoms with Gasteiger partial charge in [0.1, 0.15) is 23.0 Å². The number of nitrogens with one attached hydrogen (secondary N) is 2. The van der Waals surface area contributed by atoms with Crippen LogP contribution in [0.5, 0.6) is 0 Å². The van der Waals surface area contributed by atoms with Crippen molar-refractivity contribution in [1.29, 1.82) is 0 Å². The van der Waals surface area contributed by atoms with Crippen LogP contribution in [-0.2, 0) is 14.3 Å². The van der Waals surface area contributed by atoms with Gasteiger partial charge < -0.3 is 20.3 Å². The summed E-state index contributed by atoms with van der Waals surface area (Å²) in [7, 11) is 1.31. The molecular weight excluding hydrogens is 418 g/mol. The number of ether oxygens (including phenoxy) is 1. The molecule has 2 N–H and O–H groups in total. The molecule has 1 saturated heterocycles. The van der Waals surface area contributed by atoms with Crippen molar-refractivity contribution in [3.05, 3.63) is 16.8 Å². The van der Waals surface area contributed by atoms with Gasteiger partial charge in [-0.1, -0.05) is 13.8 Å². The molecule has 0 unspecified atom stereocenters. The molecule has 1 fully saturated rings. The molecule has 3 heterocycles. The Morgan fingerprint density at radius 2 is 2.10 bits per heavy atom. The fraction of sp³-hybridized carbons (Fsp3) is 0.571. The first kappa shape index (κ1) is 22.9. The van der Waals surface area contributed by atoms with E-state index in [1.165, 1.54) is 24.8 Å². The highest BCUT2D eigenvalue weighted by atomic mass is 32.1. The number of esters is 1. The number of likely N-dealkylation sites (tertiary alicyclic amines) is 1. The SMILES string of the molecule is COC(=O)[C@@H](NC(=O)c1sc2ncnc(NCCCN3CCCC3=O)c2c1C)C(C)C. The molecule has 10 heteroatoms. The van der Waals surface area contributed by atoms with Crippen LogP contribution in [0.2, 0.25) is 0 Å². The fourth-order valence-corrected chi connectivity index (χ4v) is 4.72. The molecule has 0 saturated carbocycles. The number of hydrogen-bond donors (Lipinski definition) is 2. The molecule has 0 aromatic carbocycles. The van der Waals surface area contributed by atoms with Gasteiger partial charge in [-0.15, -0.1) is 11.3 Å². The number of aromatic nitrogens is 2. The summed E-state index contributed by atoms with van der Waals surface area (Å²) in [6, 6.07) is -0.723. The Morgan fingerprint density at radius 3 is 2.74 bits per heavy atom. The number of fused-ring (bicyclic) bond motifs is 1. The molecule has 3 rings (SSSR count). The molecule has 2 aromatic heterocycles. The second kappa shape index (κ2) is 10.0. The smallest absolute Gasteiger partial charge is 0.328 e. The van der Waals surface area contributed by atoms with Gasteiger partial charge in [0, 0.05) is 26.1 Å². The van der Waals surface area contributed by atoms with E-state index in [2.05, 4.69) is 20.6 Å². The van der Waals surface area contributed by atoms with Gasteiger partial charge in [0.05, 0.1) is 17.4 Å². The second-order valence-corrected chi connectivity index (χ2v) is 8.94. The highest BCUT2D eigenvalue weighted by Crippen LogP contribution is 2.33. The minimum atomic E-state index is -0.723. The number of methoxy groups -OCH3 is 1. The topological polar surface area (TPSA) is 114 Å². The molecular formula is C21H29N5O4S. The van der Waals surface area contributed by atoms with E-state index >= 15 is 0 Å². The van der Waals surface area contributed by atoms with Crippen LogP contribution in [0.25, 0.3) is 10.2 Å². The van der Waals surface area contributed by atoms with Crippen molar-refractivity contribution in [2.75, 3.05) is 32.1 Å². The third-order valence-corrected chi connectivity index (χ3v) is 6.61. The van der Waals surface area contributed by atoms with Crippen LogP contribution in [0, 0.1) is 12.8 Å². The van der Waals surface area contributed by atoms with Crippen molar-refractivity contribution in [3.8, 4) is 0 Å². The van der Waals surface area contributed by atoms with Gasteiger partial charge in [0.2, 0.25) is 5.91 Å². The Kier molecular flexibility index (Phi) is 7.42. The molecule has 1 aliphatic rings. The van der Waals surface area contributed by atoms with E-state index < -0.39 is 12.0 Å². The van der Waals surface area contributed by atoms with E-state index in [0.29, 0.717) is 28.5 Å². The minimum Gasteiger partial charge on any atom is -0.467 e.